The molecule has 2 atom stereocenters. The third kappa shape index (κ3) is 62.9. The Morgan fingerprint density at radius 1 is 0.364 bits per heavy atom. The number of ether oxygens (including phenoxy) is 1. The maximum absolute atomic E-state index is 12.5. The third-order valence-corrected chi connectivity index (χ3v) is 15.8. The van der Waals surface area contributed by atoms with Gasteiger partial charge in [0.05, 0.1) is 25.4 Å². The molecule has 2 unspecified atom stereocenters. The molecular formula is C71H133NO5. The van der Waals surface area contributed by atoms with Crippen molar-refractivity contribution in [2.45, 2.75) is 379 Å². The molecule has 452 valence electrons. The highest BCUT2D eigenvalue weighted by Crippen LogP contribution is 2.18. The molecule has 0 rings (SSSR count). The highest BCUT2D eigenvalue weighted by molar-refractivity contribution is 5.76. The predicted molar refractivity (Wildman–Crippen MR) is 338 cm³/mol. The number of amides is 1. The van der Waals surface area contributed by atoms with E-state index in [2.05, 4.69) is 55.6 Å². The molecule has 0 radical (unpaired) electrons. The molecular weight excluding hydrogens is 947 g/mol. The lowest BCUT2D eigenvalue weighted by Gasteiger charge is -2.20. The van der Waals surface area contributed by atoms with E-state index in [1.165, 1.54) is 289 Å². The second kappa shape index (κ2) is 66.3. The monoisotopic (exact) mass is 1080 g/mol. The average Bonchev–Trinajstić information content (AvgIpc) is 3.43. The van der Waals surface area contributed by atoms with Crippen LogP contribution in [-0.4, -0.2) is 47.4 Å². The van der Waals surface area contributed by atoms with Gasteiger partial charge in [0.2, 0.25) is 5.91 Å². The van der Waals surface area contributed by atoms with Crippen LogP contribution in [0.4, 0.5) is 0 Å². The number of hydrogen-bond acceptors (Lipinski definition) is 5. The molecule has 0 saturated carbocycles. The summed E-state index contributed by atoms with van der Waals surface area (Å²) in [4.78, 5) is 24.5. The molecule has 6 heteroatoms. The van der Waals surface area contributed by atoms with Crippen LogP contribution >= 0.6 is 0 Å². The Morgan fingerprint density at radius 3 is 1.04 bits per heavy atom. The van der Waals surface area contributed by atoms with Gasteiger partial charge < -0.3 is 20.3 Å². The lowest BCUT2D eigenvalue weighted by molar-refractivity contribution is -0.143. The van der Waals surface area contributed by atoms with Crippen molar-refractivity contribution in [1.82, 2.24) is 5.32 Å². The van der Waals surface area contributed by atoms with E-state index in [0.29, 0.717) is 19.4 Å². The quantitative estimate of drug-likeness (QED) is 0.0320. The molecule has 1 amide bonds. The number of nitrogens with one attached hydrogen (secondary N) is 1. The maximum atomic E-state index is 12.5. The van der Waals surface area contributed by atoms with E-state index in [0.717, 1.165) is 51.4 Å². The van der Waals surface area contributed by atoms with Crippen LogP contribution in [0.3, 0.4) is 0 Å². The zero-order chi connectivity index (χ0) is 55.7. The smallest absolute Gasteiger partial charge is 0.305 e. The number of esters is 1. The van der Waals surface area contributed by atoms with Crippen LogP contribution in [0.5, 0.6) is 0 Å². The summed E-state index contributed by atoms with van der Waals surface area (Å²) in [6.45, 7) is 4.88. The summed E-state index contributed by atoms with van der Waals surface area (Å²) in [5, 5.41) is 23.2. The highest BCUT2D eigenvalue weighted by atomic mass is 16.5. The van der Waals surface area contributed by atoms with Crippen molar-refractivity contribution in [3.63, 3.8) is 0 Å². The van der Waals surface area contributed by atoms with Gasteiger partial charge in [-0.1, -0.05) is 319 Å². The van der Waals surface area contributed by atoms with Crippen LogP contribution in [0.2, 0.25) is 0 Å². The van der Waals surface area contributed by atoms with Crippen LogP contribution in [-0.2, 0) is 14.3 Å². The van der Waals surface area contributed by atoms with Crippen molar-refractivity contribution >= 4 is 11.9 Å². The van der Waals surface area contributed by atoms with E-state index >= 15 is 0 Å². The number of rotatable bonds is 64. The first-order valence-corrected chi connectivity index (χ1v) is 34.4. The highest BCUT2D eigenvalue weighted by Gasteiger charge is 2.18. The zero-order valence-corrected chi connectivity index (χ0v) is 51.7. The first kappa shape index (κ1) is 74.8. The molecule has 0 saturated heterocycles. The SMILES string of the molecule is CCCC/C=C\CCCCCCCC(=O)OCCCCCCCCCCC/C=C\C/C=C\CCCCCCCCCCCCCCCCCC(=O)NC(CO)C(O)/C=C/CCCCCCCCCCCCCCCCCC. The van der Waals surface area contributed by atoms with Crippen LogP contribution in [0.25, 0.3) is 0 Å². The van der Waals surface area contributed by atoms with Crippen molar-refractivity contribution in [3.05, 3.63) is 48.6 Å². The first-order valence-electron chi connectivity index (χ1n) is 34.4. The van der Waals surface area contributed by atoms with Crippen molar-refractivity contribution in [2.75, 3.05) is 13.2 Å². The van der Waals surface area contributed by atoms with Crippen LogP contribution in [0.15, 0.2) is 48.6 Å². The number of aliphatic hydroxyl groups excluding tert-OH is 2. The minimum absolute atomic E-state index is 0.00166. The summed E-state index contributed by atoms with van der Waals surface area (Å²) in [6.07, 6.45) is 86.1. The Hall–Kier alpha value is -2.18. The average molecular weight is 1080 g/mol. The Kier molecular flexibility index (Phi) is 64.5. The number of hydrogen-bond donors (Lipinski definition) is 3. The molecule has 0 fully saturated rings. The van der Waals surface area contributed by atoms with Gasteiger partial charge in [0.25, 0.3) is 0 Å². The molecule has 0 heterocycles. The molecule has 0 aliphatic carbocycles. The Balaban J connectivity index is 3.42. The summed E-state index contributed by atoms with van der Waals surface area (Å²) in [6, 6.07) is -0.628. The van der Waals surface area contributed by atoms with Crippen molar-refractivity contribution < 1.29 is 24.5 Å². The fraction of sp³-hybridized carbons (Fsp3) is 0.859. The Morgan fingerprint density at radius 2 is 0.662 bits per heavy atom. The molecule has 0 aliphatic rings. The molecule has 3 N–H and O–H groups in total. The predicted octanol–water partition coefficient (Wildman–Crippen LogP) is 22.1. The molecule has 77 heavy (non-hydrogen) atoms. The summed E-state index contributed by atoms with van der Waals surface area (Å²) in [7, 11) is 0. The minimum atomic E-state index is -0.845. The topological polar surface area (TPSA) is 95.9 Å². The number of allylic oxidation sites excluding steroid dienone is 7. The van der Waals surface area contributed by atoms with Crippen molar-refractivity contribution in [2.24, 2.45) is 0 Å². The lowest BCUT2D eigenvalue weighted by Crippen LogP contribution is -2.45. The fourth-order valence-corrected chi connectivity index (χ4v) is 10.5. The Bertz CT molecular complexity index is 1290. The summed E-state index contributed by atoms with van der Waals surface area (Å²) in [5.41, 5.74) is 0. The fourth-order valence-electron chi connectivity index (χ4n) is 10.5. The van der Waals surface area contributed by atoms with Gasteiger partial charge in [-0.3, -0.25) is 9.59 Å². The van der Waals surface area contributed by atoms with E-state index in [-0.39, 0.29) is 18.5 Å². The number of carbonyl (C=O) groups excluding carboxylic acids is 2. The van der Waals surface area contributed by atoms with E-state index in [9.17, 15) is 19.8 Å². The normalized spacial score (nSPS) is 12.8. The van der Waals surface area contributed by atoms with E-state index < -0.39 is 12.1 Å². The Labute approximate surface area is 480 Å². The molecule has 0 aliphatic heterocycles. The van der Waals surface area contributed by atoms with Crippen LogP contribution in [0.1, 0.15) is 367 Å². The second-order valence-corrected chi connectivity index (χ2v) is 23.5. The maximum Gasteiger partial charge on any atom is 0.305 e. The minimum Gasteiger partial charge on any atom is -0.466 e. The second-order valence-electron chi connectivity index (χ2n) is 23.5. The van der Waals surface area contributed by atoms with Gasteiger partial charge in [0.15, 0.2) is 0 Å². The molecule has 0 aromatic heterocycles. The van der Waals surface area contributed by atoms with E-state index in [1.54, 1.807) is 6.08 Å². The van der Waals surface area contributed by atoms with Crippen molar-refractivity contribution in [3.8, 4) is 0 Å². The van der Waals surface area contributed by atoms with Gasteiger partial charge in [-0.2, -0.15) is 0 Å². The largest absolute Gasteiger partial charge is 0.466 e. The van der Waals surface area contributed by atoms with Gasteiger partial charge in [-0.05, 0) is 83.5 Å². The van der Waals surface area contributed by atoms with E-state index in [1.807, 2.05) is 6.08 Å². The molecule has 0 aromatic rings. The number of aliphatic hydroxyl groups is 2. The summed E-state index contributed by atoms with van der Waals surface area (Å²) < 4.78 is 5.46. The summed E-state index contributed by atoms with van der Waals surface area (Å²) in [5.74, 6) is -0.0633. The zero-order valence-electron chi connectivity index (χ0n) is 51.7. The first-order chi connectivity index (χ1) is 38.0. The third-order valence-electron chi connectivity index (χ3n) is 15.8. The van der Waals surface area contributed by atoms with Crippen LogP contribution < -0.4 is 5.32 Å². The molecule has 0 spiro atoms. The number of unbranched alkanes of at least 4 members (excludes halogenated alkanes) is 47. The van der Waals surface area contributed by atoms with Gasteiger partial charge in [-0.15, -0.1) is 0 Å². The lowest BCUT2D eigenvalue weighted by atomic mass is 10.0. The standard InChI is InChI=1S/C71H133NO5/c1-3-5-7-9-11-13-15-16-17-18-34-37-40-44-47-51-55-59-63-69(74)68(67-73)72-70(75)64-60-56-52-48-45-41-38-35-32-30-28-26-24-22-20-19-21-23-25-27-29-31-33-36-39-42-46-50-54-58-62-66-77-71(76)65-61-57-53-49-43-14-12-10-8-6-4-2/h10,12,21,23,27,29,59,63,68-69,73-74H,3-9,11,13-20,22,24-26,28,30-58,60-62,64-67H2,1-2H3,(H,72,75)/b12-10-,23-21-,29-27-,63-59+. The summed E-state index contributed by atoms with van der Waals surface area (Å²) >= 11 is 0. The molecule has 6 nitrogen and oxygen atoms in total. The van der Waals surface area contributed by atoms with Gasteiger partial charge in [-0.25, -0.2) is 0 Å². The molecule has 0 bridgehead atoms. The van der Waals surface area contributed by atoms with Gasteiger partial charge in [0, 0.05) is 12.8 Å². The van der Waals surface area contributed by atoms with Crippen molar-refractivity contribution in [1.29, 1.82) is 0 Å². The van der Waals surface area contributed by atoms with Crippen LogP contribution in [0, 0.1) is 0 Å². The molecule has 0 aromatic carbocycles. The van der Waals surface area contributed by atoms with Gasteiger partial charge >= 0.3 is 5.97 Å². The van der Waals surface area contributed by atoms with Gasteiger partial charge in [0.1, 0.15) is 0 Å². The van der Waals surface area contributed by atoms with E-state index in [4.69, 9.17) is 4.74 Å². The number of carbonyl (C=O) groups is 2.